The second-order valence-electron chi connectivity index (χ2n) is 3.13. The molecule has 56 valence electrons. The zero-order chi connectivity index (χ0) is 7.61. The zero-order valence-corrected chi connectivity index (χ0v) is 6.51. The van der Waals surface area contributed by atoms with Crippen molar-refractivity contribution in [2.75, 3.05) is 0 Å². The number of ether oxygens (including phenoxy) is 1. The summed E-state index contributed by atoms with van der Waals surface area (Å²) in [6.45, 7) is 5.98. The van der Waals surface area contributed by atoms with Crippen LogP contribution in [0.15, 0.2) is 12.5 Å². The van der Waals surface area contributed by atoms with Gasteiger partial charge in [0.1, 0.15) is 5.60 Å². The largest absolute Gasteiger partial charge is 0.472 e. The lowest BCUT2D eigenvalue weighted by atomic mass is 10.2. The molecule has 0 saturated carbocycles. The van der Waals surface area contributed by atoms with Crippen LogP contribution in [0.5, 0.6) is 5.88 Å². The SMILES string of the molecule is CC(C)(C)Oc1cnc[nH]1. The van der Waals surface area contributed by atoms with Gasteiger partial charge in [0.05, 0.1) is 12.5 Å². The van der Waals surface area contributed by atoms with Gasteiger partial charge in [0, 0.05) is 0 Å². The van der Waals surface area contributed by atoms with Crippen LogP contribution < -0.4 is 4.74 Å². The predicted molar refractivity (Wildman–Crippen MR) is 39.0 cm³/mol. The Kier molecular flexibility index (Phi) is 1.66. The fourth-order valence-corrected chi connectivity index (χ4v) is 0.629. The van der Waals surface area contributed by atoms with Crippen molar-refractivity contribution in [3.05, 3.63) is 12.5 Å². The molecule has 1 heterocycles. The van der Waals surface area contributed by atoms with E-state index >= 15 is 0 Å². The second kappa shape index (κ2) is 2.33. The smallest absolute Gasteiger partial charge is 0.211 e. The predicted octanol–water partition coefficient (Wildman–Crippen LogP) is 1.59. The van der Waals surface area contributed by atoms with Crippen molar-refractivity contribution < 1.29 is 4.74 Å². The normalized spacial score (nSPS) is 11.5. The van der Waals surface area contributed by atoms with Crippen molar-refractivity contribution in [3.8, 4) is 5.88 Å². The minimum atomic E-state index is -0.146. The van der Waals surface area contributed by atoms with Crippen LogP contribution in [0.3, 0.4) is 0 Å². The lowest BCUT2D eigenvalue weighted by molar-refractivity contribution is 0.125. The van der Waals surface area contributed by atoms with E-state index < -0.39 is 0 Å². The van der Waals surface area contributed by atoms with E-state index in [-0.39, 0.29) is 5.60 Å². The number of nitrogens with one attached hydrogen (secondary N) is 1. The molecule has 10 heavy (non-hydrogen) atoms. The van der Waals surface area contributed by atoms with Gasteiger partial charge in [-0.05, 0) is 20.8 Å². The molecule has 3 nitrogen and oxygen atoms in total. The minimum Gasteiger partial charge on any atom is -0.472 e. The molecule has 0 amide bonds. The third kappa shape index (κ3) is 2.09. The van der Waals surface area contributed by atoms with Crippen molar-refractivity contribution >= 4 is 0 Å². The maximum absolute atomic E-state index is 5.42. The van der Waals surface area contributed by atoms with Gasteiger partial charge in [-0.3, -0.25) is 0 Å². The van der Waals surface area contributed by atoms with Crippen molar-refractivity contribution in [1.82, 2.24) is 9.97 Å². The summed E-state index contributed by atoms with van der Waals surface area (Å²) in [6.07, 6.45) is 3.26. The maximum Gasteiger partial charge on any atom is 0.211 e. The zero-order valence-electron chi connectivity index (χ0n) is 6.51. The molecule has 1 rings (SSSR count). The van der Waals surface area contributed by atoms with Crippen LogP contribution in [-0.4, -0.2) is 15.6 Å². The molecule has 0 bridgehead atoms. The van der Waals surface area contributed by atoms with Gasteiger partial charge in [0.25, 0.3) is 0 Å². The van der Waals surface area contributed by atoms with Crippen molar-refractivity contribution in [2.24, 2.45) is 0 Å². The number of imidazole rings is 1. The van der Waals surface area contributed by atoms with E-state index in [1.54, 1.807) is 12.5 Å². The van der Waals surface area contributed by atoms with E-state index in [2.05, 4.69) is 9.97 Å². The Hall–Kier alpha value is -0.990. The highest BCUT2D eigenvalue weighted by Gasteiger charge is 2.11. The molecule has 1 aromatic rings. The van der Waals surface area contributed by atoms with E-state index in [0.717, 1.165) is 0 Å². The van der Waals surface area contributed by atoms with E-state index in [0.29, 0.717) is 5.88 Å². The van der Waals surface area contributed by atoms with E-state index in [9.17, 15) is 0 Å². The molecule has 0 spiro atoms. The van der Waals surface area contributed by atoms with Crippen LogP contribution in [0, 0.1) is 0 Å². The molecule has 1 aromatic heterocycles. The number of H-pyrrole nitrogens is 1. The summed E-state index contributed by atoms with van der Waals surface area (Å²) in [7, 11) is 0. The highest BCUT2D eigenvalue weighted by atomic mass is 16.5. The molecular formula is C7H12N2O. The lowest BCUT2D eigenvalue weighted by Gasteiger charge is -2.18. The molecule has 1 N–H and O–H groups in total. The number of hydrogen-bond donors (Lipinski definition) is 1. The lowest BCUT2D eigenvalue weighted by Crippen LogP contribution is -2.23. The van der Waals surface area contributed by atoms with Crippen molar-refractivity contribution in [3.63, 3.8) is 0 Å². The Morgan fingerprint density at radius 1 is 1.50 bits per heavy atom. The average Bonchev–Trinajstić information content (AvgIpc) is 2.12. The monoisotopic (exact) mass is 140 g/mol. The van der Waals surface area contributed by atoms with Crippen molar-refractivity contribution in [1.29, 1.82) is 0 Å². The molecule has 0 atom stereocenters. The number of hydrogen-bond acceptors (Lipinski definition) is 2. The fourth-order valence-electron chi connectivity index (χ4n) is 0.629. The fraction of sp³-hybridized carbons (Fsp3) is 0.571. The van der Waals surface area contributed by atoms with Crippen molar-refractivity contribution in [2.45, 2.75) is 26.4 Å². The second-order valence-corrected chi connectivity index (χ2v) is 3.13. The Morgan fingerprint density at radius 3 is 2.60 bits per heavy atom. The van der Waals surface area contributed by atoms with E-state index in [1.807, 2.05) is 20.8 Å². The van der Waals surface area contributed by atoms with Gasteiger partial charge in [-0.2, -0.15) is 0 Å². The Balaban J connectivity index is 2.57. The van der Waals surface area contributed by atoms with Crippen LogP contribution in [0.25, 0.3) is 0 Å². The first-order chi connectivity index (χ1) is 4.58. The molecule has 0 fully saturated rings. The Bertz CT molecular complexity index is 186. The summed E-state index contributed by atoms with van der Waals surface area (Å²) in [6, 6.07) is 0. The van der Waals surface area contributed by atoms with Gasteiger partial charge in [0.2, 0.25) is 5.88 Å². The number of nitrogens with zero attached hydrogens (tertiary/aromatic N) is 1. The van der Waals surface area contributed by atoms with Crippen LogP contribution in [-0.2, 0) is 0 Å². The first-order valence-electron chi connectivity index (χ1n) is 3.25. The Labute approximate surface area is 60.4 Å². The van der Waals surface area contributed by atoms with E-state index in [4.69, 9.17) is 4.74 Å². The van der Waals surface area contributed by atoms with Gasteiger partial charge in [-0.15, -0.1) is 0 Å². The van der Waals surface area contributed by atoms with Crippen LogP contribution in [0.4, 0.5) is 0 Å². The molecular weight excluding hydrogens is 128 g/mol. The highest BCUT2D eigenvalue weighted by molar-refractivity contribution is 5.02. The maximum atomic E-state index is 5.42. The van der Waals surface area contributed by atoms with Crippen LogP contribution >= 0.6 is 0 Å². The molecule has 0 aliphatic heterocycles. The molecule has 0 aliphatic rings. The van der Waals surface area contributed by atoms with Gasteiger partial charge in [-0.1, -0.05) is 0 Å². The summed E-state index contributed by atoms with van der Waals surface area (Å²) >= 11 is 0. The summed E-state index contributed by atoms with van der Waals surface area (Å²) in [5.41, 5.74) is -0.146. The minimum absolute atomic E-state index is 0.146. The first kappa shape index (κ1) is 7.12. The highest BCUT2D eigenvalue weighted by Crippen LogP contribution is 2.12. The number of rotatable bonds is 1. The molecule has 0 unspecified atom stereocenters. The molecule has 3 heteroatoms. The first-order valence-corrected chi connectivity index (χ1v) is 3.25. The quantitative estimate of drug-likeness (QED) is 0.643. The summed E-state index contributed by atoms with van der Waals surface area (Å²) < 4.78 is 5.42. The van der Waals surface area contributed by atoms with Crippen LogP contribution in [0.2, 0.25) is 0 Å². The molecule has 0 aromatic carbocycles. The van der Waals surface area contributed by atoms with Gasteiger partial charge in [0.15, 0.2) is 0 Å². The van der Waals surface area contributed by atoms with Gasteiger partial charge < -0.3 is 9.72 Å². The van der Waals surface area contributed by atoms with E-state index in [1.165, 1.54) is 0 Å². The third-order valence-electron chi connectivity index (χ3n) is 0.889. The topological polar surface area (TPSA) is 37.9 Å². The average molecular weight is 140 g/mol. The summed E-state index contributed by atoms with van der Waals surface area (Å²) in [5.74, 6) is 0.715. The molecule has 0 saturated heterocycles. The summed E-state index contributed by atoms with van der Waals surface area (Å²) in [4.78, 5) is 6.69. The van der Waals surface area contributed by atoms with Gasteiger partial charge >= 0.3 is 0 Å². The van der Waals surface area contributed by atoms with Crippen LogP contribution in [0.1, 0.15) is 20.8 Å². The number of aromatic nitrogens is 2. The molecule has 0 radical (unpaired) electrons. The van der Waals surface area contributed by atoms with Gasteiger partial charge in [-0.25, -0.2) is 4.98 Å². The Morgan fingerprint density at radius 2 is 2.20 bits per heavy atom. The standard InChI is InChI=1S/C7H12N2O/c1-7(2,3)10-6-4-8-5-9-6/h4-5H,1-3H3,(H,8,9). The molecule has 0 aliphatic carbocycles. The summed E-state index contributed by atoms with van der Waals surface area (Å²) in [5, 5.41) is 0. The number of aromatic amines is 1. The third-order valence-corrected chi connectivity index (χ3v) is 0.889.